The molecule has 2 aromatic heterocycles. The van der Waals surface area contributed by atoms with Gasteiger partial charge in [-0.25, -0.2) is 14.4 Å². The number of benzene rings is 2. The number of anilines is 3. The van der Waals surface area contributed by atoms with Gasteiger partial charge in [0.05, 0.1) is 31.3 Å². The normalized spacial score (nSPS) is 18.7. The number of likely N-dealkylation sites (tertiary alicyclic amines) is 1. The molecule has 4 heterocycles. The Balaban J connectivity index is 1.03. The average molecular weight is 518 g/mol. The molecule has 11 heteroatoms. The average Bonchev–Trinajstić information content (AvgIpc) is 3.65. The van der Waals surface area contributed by atoms with Gasteiger partial charge in [-0.2, -0.15) is 5.10 Å². The third kappa shape index (κ3) is 5.58. The molecule has 2 atom stereocenters. The van der Waals surface area contributed by atoms with Gasteiger partial charge in [-0.3, -0.25) is 14.8 Å². The van der Waals surface area contributed by atoms with E-state index < -0.39 is 5.82 Å². The van der Waals surface area contributed by atoms with Crippen LogP contribution in [0.2, 0.25) is 0 Å². The first kappa shape index (κ1) is 24.3. The zero-order valence-corrected chi connectivity index (χ0v) is 20.7. The van der Waals surface area contributed by atoms with E-state index >= 15 is 0 Å². The van der Waals surface area contributed by atoms with Crippen LogP contribution in [-0.4, -0.2) is 69.4 Å². The highest BCUT2D eigenvalue weighted by Gasteiger charge is 2.38. The van der Waals surface area contributed by atoms with Crippen molar-refractivity contribution in [2.75, 3.05) is 36.9 Å². The number of aromatic amines is 1. The molecule has 1 amide bonds. The zero-order valence-electron chi connectivity index (χ0n) is 20.7. The lowest BCUT2D eigenvalue weighted by Gasteiger charge is -2.26. The van der Waals surface area contributed by atoms with Crippen molar-refractivity contribution < 1.29 is 18.7 Å². The van der Waals surface area contributed by atoms with E-state index in [1.807, 2.05) is 18.2 Å². The van der Waals surface area contributed by atoms with Gasteiger partial charge in [-0.1, -0.05) is 6.07 Å². The summed E-state index contributed by atoms with van der Waals surface area (Å²) in [5.74, 6) is 1.17. The van der Waals surface area contributed by atoms with E-state index in [9.17, 15) is 9.18 Å². The summed E-state index contributed by atoms with van der Waals surface area (Å²) in [5.41, 5.74) is 1.75. The van der Waals surface area contributed by atoms with Crippen LogP contribution in [0.25, 0.3) is 10.9 Å². The molecule has 2 bridgehead atoms. The highest BCUT2D eigenvalue weighted by Crippen LogP contribution is 2.28. The number of aromatic nitrogens is 4. The fourth-order valence-corrected chi connectivity index (χ4v) is 5.02. The van der Waals surface area contributed by atoms with Gasteiger partial charge in [0.25, 0.3) is 0 Å². The molecule has 2 saturated heterocycles. The van der Waals surface area contributed by atoms with Gasteiger partial charge in [-0.15, -0.1) is 0 Å². The SMILES string of the molecule is O=C(Cc1cc(Nc2ncnc3cc(OCCCN4CC5CC4CO5)ccc23)n[nH]1)Nc1cccc(F)c1. The molecule has 196 valence electrons. The molecule has 0 radical (unpaired) electrons. The van der Waals surface area contributed by atoms with Crippen LogP contribution in [0.5, 0.6) is 5.75 Å². The van der Waals surface area contributed by atoms with Crippen LogP contribution in [0.15, 0.2) is 54.9 Å². The number of rotatable bonds is 10. The summed E-state index contributed by atoms with van der Waals surface area (Å²) in [6, 6.07) is 13.8. The summed E-state index contributed by atoms with van der Waals surface area (Å²) in [5, 5.41) is 13.8. The predicted octanol–water partition coefficient (Wildman–Crippen LogP) is 3.66. The molecule has 0 spiro atoms. The lowest BCUT2D eigenvalue weighted by atomic mass is 10.2. The van der Waals surface area contributed by atoms with E-state index in [1.165, 1.54) is 18.5 Å². The molecule has 0 aliphatic carbocycles. The van der Waals surface area contributed by atoms with Gasteiger partial charge in [0.15, 0.2) is 5.82 Å². The van der Waals surface area contributed by atoms with Gasteiger partial charge in [0.2, 0.25) is 5.91 Å². The zero-order chi connectivity index (χ0) is 25.9. The van der Waals surface area contributed by atoms with Gasteiger partial charge < -0.3 is 20.1 Å². The van der Waals surface area contributed by atoms with Gasteiger partial charge in [0.1, 0.15) is 23.7 Å². The number of carbonyl (C=O) groups excluding carboxylic acids is 1. The van der Waals surface area contributed by atoms with Crippen LogP contribution in [0.3, 0.4) is 0 Å². The summed E-state index contributed by atoms with van der Waals surface area (Å²) >= 11 is 0. The first-order chi connectivity index (χ1) is 18.6. The number of fused-ring (bicyclic) bond motifs is 3. The van der Waals surface area contributed by atoms with Crippen molar-refractivity contribution in [3.05, 3.63) is 66.4 Å². The summed E-state index contributed by atoms with van der Waals surface area (Å²) in [7, 11) is 0. The van der Waals surface area contributed by atoms with Crippen LogP contribution in [-0.2, 0) is 16.0 Å². The van der Waals surface area contributed by atoms with Gasteiger partial charge in [-0.05, 0) is 43.2 Å². The maximum atomic E-state index is 13.3. The Morgan fingerprint density at radius 3 is 3.00 bits per heavy atom. The molecule has 10 nitrogen and oxygen atoms in total. The number of halogens is 1. The largest absolute Gasteiger partial charge is 0.493 e. The Labute approximate surface area is 218 Å². The van der Waals surface area contributed by atoms with Gasteiger partial charge in [0, 0.05) is 48.0 Å². The van der Waals surface area contributed by atoms with E-state index in [0.29, 0.717) is 41.8 Å². The fourth-order valence-electron chi connectivity index (χ4n) is 5.02. The molecule has 3 N–H and O–H groups in total. The molecule has 0 saturated carbocycles. The third-order valence-corrected chi connectivity index (χ3v) is 6.82. The molecule has 2 aliphatic heterocycles. The Hall–Kier alpha value is -4.09. The van der Waals surface area contributed by atoms with Gasteiger partial charge >= 0.3 is 0 Å². The molecule has 2 unspecified atom stereocenters. The number of amides is 1. The second-order valence-corrected chi connectivity index (χ2v) is 9.58. The minimum atomic E-state index is -0.411. The van der Waals surface area contributed by atoms with Crippen LogP contribution >= 0.6 is 0 Å². The smallest absolute Gasteiger partial charge is 0.230 e. The lowest BCUT2D eigenvalue weighted by Crippen LogP contribution is -2.37. The van der Waals surface area contributed by atoms with Crippen molar-refractivity contribution in [2.45, 2.75) is 31.4 Å². The number of H-pyrrole nitrogens is 1. The maximum Gasteiger partial charge on any atom is 0.230 e. The molecular formula is C27H28FN7O3. The van der Waals surface area contributed by atoms with E-state index in [2.05, 4.69) is 35.7 Å². The number of hydrogen-bond acceptors (Lipinski definition) is 8. The first-order valence-electron chi connectivity index (χ1n) is 12.7. The van der Waals surface area contributed by atoms with E-state index in [0.717, 1.165) is 49.2 Å². The van der Waals surface area contributed by atoms with Crippen molar-refractivity contribution >= 4 is 34.1 Å². The van der Waals surface area contributed by atoms with Crippen molar-refractivity contribution in [2.24, 2.45) is 0 Å². The van der Waals surface area contributed by atoms with Crippen LogP contribution in [0, 0.1) is 5.82 Å². The van der Waals surface area contributed by atoms with E-state index in [4.69, 9.17) is 9.47 Å². The number of morpholine rings is 1. The molecule has 2 aromatic carbocycles. The van der Waals surface area contributed by atoms with Crippen molar-refractivity contribution in [3.63, 3.8) is 0 Å². The fraction of sp³-hybridized carbons (Fsp3) is 0.333. The third-order valence-electron chi connectivity index (χ3n) is 6.82. The number of ether oxygens (including phenoxy) is 2. The van der Waals surface area contributed by atoms with Crippen molar-refractivity contribution in [1.82, 2.24) is 25.1 Å². The van der Waals surface area contributed by atoms with E-state index in [1.54, 1.807) is 18.2 Å². The number of nitrogens with one attached hydrogen (secondary N) is 3. The molecule has 6 rings (SSSR count). The Morgan fingerprint density at radius 1 is 1.21 bits per heavy atom. The Bertz CT molecular complexity index is 1450. The molecule has 38 heavy (non-hydrogen) atoms. The summed E-state index contributed by atoms with van der Waals surface area (Å²) < 4.78 is 25.0. The standard InChI is InChI=1S/C27H28FN7O3/c28-17-3-1-4-18(9-17)31-26(36)11-19-10-25(34-33-19)32-27-23-6-5-21(13-24(23)29-16-30-27)37-8-2-7-35-14-22-12-20(35)15-38-22/h1,3-6,9-10,13,16,20,22H,2,7-8,11-12,14-15H2,(H,31,36)(H2,29,30,32,33,34). The molecule has 2 aliphatic rings. The van der Waals surface area contributed by atoms with E-state index in [-0.39, 0.29) is 12.3 Å². The summed E-state index contributed by atoms with van der Waals surface area (Å²) in [6.07, 6.45) is 4.08. The summed E-state index contributed by atoms with van der Waals surface area (Å²) in [6.45, 7) is 3.55. The Morgan fingerprint density at radius 2 is 2.16 bits per heavy atom. The van der Waals surface area contributed by atoms with Crippen LogP contribution in [0.4, 0.5) is 21.7 Å². The monoisotopic (exact) mass is 517 g/mol. The highest BCUT2D eigenvalue weighted by atomic mass is 19.1. The second kappa shape index (κ2) is 10.7. The van der Waals surface area contributed by atoms with Crippen molar-refractivity contribution in [1.29, 1.82) is 0 Å². The highest BCUT2D eigenvalue weighted by molar-refractivity contribution is 5.93. The molecule has 4 aromatic rings. The second-order valence-electron chi connectivity index (χ2n) is 9.58. The number of hydrogen-bond donors (Lipinski definition) is 3. The minimum absolute atomic E-state index is 0.0587. The van der Waals surface area contributed by atoms with Crippen LogP contribution < -0.4 is 15.4 Å². The first-order valence-corrected chi connectivity index (χ1v) is 12.7. The Kier molecular flexibility index (Phi) is 6.84. The van der Waals surface area contributed by atoms with Crippen molar-refractivity contribution in [3.8, 4) is 5.75 Å². The molecular weight excluding hydrogens is 489 g/mol. The lowest BCUT2D eigenvalue weighted by molar-refractivity contribution is -0.115. The quantitative estimate of drug-likeness (QED) is 0.273. The minimum Gasteiger partial charge on any atom is -0.493 e. The topological polar surface area (TPSA) is 117 Å². The number of nitrogens with zero attached hydrogens (tertiary/aromatic N) is 4. The number of carbonyl (C=O) groups is 1. The predicted molar refractivity (Wildman–Crippen MR) is 140 cm³/mol. The molecule has 2 fully saturated rings. The summed E-state index contributed by atoms with van der Waals surface area (Å²) in [4.78, 5) is 23.6. The maximum absolute atomic E-state index is 13.3. The van der Waals surface area contributed by atoms with Crippen LogP contribution in [0.1, 0.15) is 18.5 Å².